The Bertz CT molecular complexity index is 557. The fraction of sp³-hybridized carbons (Fsp3) is 0.533. The molecule has 1 amide bonds. The van der Waals surface area contributed by atoms with E-state index in [0.29, 0.717) is 25.2 Å². The molecular weight excluding hydrogens is 295 g/mol. The molecule has 0 bridgehead atoms. The molecule has 1 saturated heterocycles. The number of hydrogen-bond acceptors (Lipinski definition) is 3. The zero-order chi connectivity index (χ0) is 16.5. The summed E-state index contributed by atoms with van der Waals surface area (Å²) in [5.74, 6) is -0.128. The molecule has 1 unspecified atom stereocenters. The molecule has 0 saturated carbocycles. The van der Waals surface area contributed by atoms with Crippen LogP contribution in [0.3, 0.4) is 0 Å². The highest BCUT2D eigenvalue weighted by Crippen LogP contribution is 2.34. The van der Waals surface area contributed by atoms with E-state index >= 15 is 0 Å². The number of hydrogen-bond donors (Lipinski definition) is 1. The molecule has 1 heterocycles. The van der Waals surface area contributed by atoms with Gasteiger partial charge in [-0.15, -0.1) is 0 Å². The van der Waals surface area contributed by atoms with Crippen LogP contribution < -0.4 is 5.73 Å². The van der Waals surface area contributed by atoms with Crippen LogP contribution in [0.25, 0.3) is 0 Å². The normalized spacial score (nSPS) is 19.4. The molecule has 4 nitrogen and oxygen atoms in total. The maximum absolute atomic E-state index is 13.0. The molecule has 0 aromatic heterocycles. The summed E-state index contributed by atoms with van der Waals surface area (Å²) < 4.78 is 39.1. The van der Waals surface area contributed by atoms with Crippen molar-refractivity contribution < 1.29 is 18.0 Å². The van der Waals surface area contributed by atoms with Crippen LogP contribution in [0.2, 0.25) is 0 Å². The van der Waals surface area contributed by atoms with Crippen molar-refractivity contribution >= 4 is 11.6 Å². The second-order valence-corrected chi connectivity index (χ2v) is 5.87. The third-order valence-electron chi connectivity index (χ3n) is 3.89. The minimum Gasteiger partial charge on any atom is -0.399 e. The molecule has 0 aliphatic carbocycles. The predicted molar refractivity (Wildman–Crippen MR) is 77.9 cm³/mol. The minimum atomic E-state index is -4.40. The second-order valence-electron chi connectivity index (χ2n) is 5.87. The molecule has 1 atom stereocenters. The Morgan fingerprint density at radius 2 is 2.09 bits per heavy atom. The van der Waals surface area contributed by atoms with Gasteiger partial charge in [0.1, 0.15) is 0 Å². The van der Waals surface area contributed by atoms with Crippen molar-refractivity contribution in [3.63, 3.8) is 0 Å². The van der Waals surface area contributed by atoms with E-state index in [1.165, 1.54) is 17.0 Å². The van der Waals surface area contributed by atoms with Gasteiger partial charge in [0.05, 0.1) is 11.5 Å². The Balaban J connectivity index is 2.12. The smallest absolute Gasteiger partial charge is 0.399 e. The Kier molecular flexibility index (Phi) is 4.65. The lowest BCUT2D eigenvalue weighted by atomic mass is 10.1. The molecule has 1 aliphatic rings. The van der Waals surface area contributed by atoms with Crippen molar-refractivity contribution in [2.24, 2.45) is 5.92 Å². The summed E-state index contributed by atoms with van der Waals surface area (Å²) in [4.78, 5) is 15.3. The number of carbonyl (C=O) groups is 1. The third-order valence-corrected chi connectivity index (χ3v) is 3.89. The van der Waals surface area contributed by atoms with Gasteiger partial charge in [-0.05, 0) is 36.7 Å². The summed E-state index contributed by atoms with van der Waals surface area (Å²) in [7, 11) is 3.37. The summed E-state index contributed by atoms with van der Waals surface area (Å²) >= 11 is 0. The highest BCUT2D eigenvalue weighted by molar-refractivity contribution is 5.78. The van der Waals surface area contributed by atoms with Gasteiger partial charge in [0.25, 0.3) is 0 Å². The average molecular weight is 315 g/mol. The van der Waals surface area contributed by atoms with Gasteiger partial charge in [0, 0.05) is 32.9 Å². The summed E-state index contributed by atoms with van der Waals surface area (Å²) in [5, 5.41) is 0. The van der Waals surface area contributed by atoms with E-state index in [-0.39, 0.29) is 23.9 Å². The van der Waals surface area contributed by atoms with Crippen LogP contribution in [0, 0.1) is 5.92 Å². The third kappa shape index (κ3) is 3.71. The van der Waals surface area contributed by atoms with E-state index < -0.39 is 11.7 Å². The SMILES string of the molecule is CN(C)C(=O)C1CCN(Cc2cc(N)ccc2C(F)(F)F)C1. The van der Waals surface area contributed by atoms with Gasteiger partial charge < -0.3 is 10.6 Å². The molecule has 1 aromatic rings. The topological polar surface area (TPSA) is 49.6 Å². The van der Waals surface area contributed by atoms with Crippen LogP contribution in [-0.2, 0) is 17.5 Å². The first-order valence-electron chi connectivity index (χ1n) is 7.07. The number of rotatable bonds is 3. The van der Waals surface area contributed by atoms with Crippen LogP contribution in [0.1, 0.15) is 17.5 Å². The predicted octanol–water partition coefficient (Wildman–Crippen LogP) is 2.20. The van der Waals surface area contributed by atoms with Crippen molar-refractivity contribution in [3.05, 3.63) is 29.3 Å². The number of alkyl halides is 3. The van der Waals surface area contributed by atoms with Crippen LogP contribution in [-0.4, -0.2) is 42.9 Å². The highest BCUT2D eigenvalue weighted by atomic mass is 19.4. The van der Waals surface area contributed by atoms with E-state index in [2.05, 4.69) is 0 Å². The molecule has 0 radical (unpaired) electrons. The molecule has 122 valence electrons. The lowest BCUT2D eigenvalue weighted by Crippen LogP contribution is -2.31. The monoisotopic (exact) mass is 315 g/mol. The van der Waals surface area contributed by atoms with E-state index in [1.54, 1.807) is 14.1 Å². The number of amides is 1. The van der Waals surface area contributed by atoms with E-state index in [0.717, 1.165) is 6.07 Å². The molecular formula is C15H20F3N3O. The largest absolute Gasteiger partial charge is 0.416 e. The fourth-order valence-corrected chi connectivity index (χ4v) is 2.80. The number of halogens is 3. The van der Waals surface area contributed by atoms with Gasteiger partial charge >= 0.3 is 6.18 Å². The van der Waals surface area contributed by atoms with Gasteiger partial charge in [-0.2, -0.15) is 13.2 Å². The first-order chi connectivity index (χ1) is 10.2. The number of nitrogens with zero attached hydrogens (tertiary/aromatic N) is 2. The molecule has 2 rings (SSSR count). The standard InChI is InChI=1S/C15H20F3N3O/c1-20(2)14(22)10-5-6-21(8-10)9-11-7-12(19)3-4-13(11)15(16,17)18/h3-4,7,10H,5-6,8-9,19H2,1-2H3. The van der Waals surface area contributed by atoms with Crippen molar-refractivity contribution in [1.82, 2.24) is 9.80 Å². The van der Waals surface area contributed by atoms with E-state index in [1.807, 2.05) is 4.90 Å². The van der Waals surface area contributed by atoms with Crippen molar-refractivity contribution in [2.45, 2.75) is 19.1 Å². The summed E-state index contributed by atoms with van der Waals surface area (Å²) in [6.07, 6.45) is -3.73. The quantitative estimate of drug-likeness (QED) is 0.870. The summed E-state index contributed by atoms with van der Waals surface area (Å²) in [6, 6.07) is 3.64. The van der Waals surface area contributed by atoms with Crippen LogP contribution in [0.5, 0.6) is 0 Å². The molecule has 0 spiro atoms. The molecule has 1 aromatic carbocycles. The van der Waals surface area contributed by atoms with E-state index in [4.69, 9.17) is 5.73 Å². The summed E-state index contributed by atoms with van der Waals surface area (Å²) in [6.45, 7) is 1.23. The first-order valence-corrected chi connectivity index (χ1v) is 7.07. The molecule has 22 heavy (non-hydrogen) atoms. The summed E-state index contributed by atoms with van der Waals surface area (Å²) in [5.41, 5.74) is 5.42. The zero-order valence-corrected chi connectivity index (χ0v) is 12.7. The van der Waals surface area contributed by atoms with Gasteiger partial charge in [0.15, 0.2) is 0 Å². The molecule has 1 aliphatic heterocycles. The fourth-order valence-electron chi connectivity index (χ4n) is 2.80. The molecule has 7 heteroatoms. The maximum atomic E-state index is 13.0. The van der Waals surface area contributed by atoms with Gasteiger partial charge in [-0.25, -0.2) is 0 Å². The first kappa shape index (κ1) is 16.6. The Labute approximate surface area is 127 Å². The van der Waals surface area contributed by atoms with Gasteiger partial charge in [-0.1, -0.05) is 0 Å². The molecule has 1 fully saturated rings. The molecule has 2 N–H and O–H groups in total. The van der Waals surface area contributed by atoms with Crippen molar-refractivity contribution in [3.8, 4) is 0 Å². The maximum Gasteiger partial charge on any atom is 0.416 e. The number of nitrogen functional groups attached to an aromatic ring is 1. The van der Waals surface area contributed by atoms with Gasteiger partial charge in [-0.3, -0.25) is 9.69 Å². The Morgan fingerprint density at radius 1 is 1.41 bits per heavy atom. The number of nitrogens with two attached hydrogens (primary N) is 1. The number of anilines is 1. The number of likely N-dealkylation sites (tertiary alicyclic amines) is 1. The van der Waals surface area contributed by atoms with Crippen molar-refractivity contribution in [2.75, 3.05) is 32.9 Å². The zero-order valence-electron chi connectivity index (χ0n) is 12.7. The van der Waals surface area contributed by atoms with Crippen molar-refractivity contribution in [1.29, 1.82) is 0 Å². The number of benzene rings is 1. The van der Waals surface area contributed by atoms with E-state index in [9.17, 15) is 18.0 Å². The van der Waals surface area contributed by atoms with Crippen LogP contribution in [0.4, 0.5) is 18.9 Å². The second kappa shape index (κ2) is 6.16. The van der Waals surface area contributed by atoms with Crippen LogP contribution in [0.15, 0.2) is 18.2 Å². The van der Waals surface area contributed by atoms with Gasteiger partial charge in [0.2, 0.25) is 5.91 Å². The highest BCUT2D eigenvalue weighted by Gasteiger charge is 2.35. The van der Waals surface area contributed by atoms with Crippen LogP contribution >= 0.6 is 0 Å². The Hall–Kier alpha value is -1.76. The lowest BCUT2D eigenvalue weighted by molar-refractivity contribution is -0.138. The number of carbonyl (C=O) groups excluding carboxylic acids is 1. The lowest BCUT2D eigenvalue weighted by Gasteiger charge is -2.20. The minimum absolute atomic E-state index is 0.0196. The average Bonchev–Trinajstić information content (AvgIpc) is 2.84. The Morgan fingerprint density at radius 3 is 2.68 bits per heavy atom.